The van der Waals surface area contributed by atoms with Gasteiger partial charge in [-0.05, 0) is 75.4 Å². The molecular weight excluding hydrogens is 398 g/mol. The second kappa shape index (κ2) is 12.8. The average molecular weight is 442 g/mol. The summed E-state index contributed by atoms with van der Waals surface area (Å²) in [6.07, 6.45) is 6.96. The van der Waals surface area contributed by atoms with Crippen molar-refractivity contribution in [2.24, 2.45) is 11.7 Å². The number of piperidine rings is 1. The van der Waals surface area contributed by atoms with Crippen LogP contribution < -0.4 is 5.73 Å². The molecule has 0 saturated carbocycles. The molecule has 4 rings (SSSR count). The molecule has 178 valence electrons. The third-order valence-electron chi connectivity index (χ3n) is 6.28. The van der Waals surface area contributed by atoms with E-state index in [9.17, 15) is 5.11 Å². The van der Waals surface area contributed by atoms with Crippen LogP contribution in [0.3, 0.4) is 0 Å². The number of hydrogen-bond acceptors (Lipinski definition) is 4. The number of allylic oxidation sites excluding steroid dienone is 1. The Morgan fingerprint density at radius 3 is 2.47 bits per heavy atom. The van der Waals surface area contributed by atoms with E-state index in [1.807, 2.05) is 33.8 Å². The molecule has 1 fully saturated rings. The van der Waals surface area contributed by atoms with Crippen molar-refractivity contribution in [1.29, 1.82) is 0 Å². The highest BCUT2D eigenvalue weighted by Gasteiger charge is 2.35. The topological polar surface area (TPSA) is 74.5 Å². The molecule has 32 heavy (non-hydrogen) atoms. The first kappa shape index (κ1) is 26.2. The number of aromatic nitrogens is 1. The summed E-state index contributed by atoms with van der Waals surface area (Å²) in [6.45, 7) is 17.0. The van der Waals surface area contributed by atoms with Crippen LogP contribution in [0, 0.1) is 19.8 Å². The number of rotatable bonds is 4. The number of aromatic hydroxyl groups is 1. The van der Waals surface area contributed by atoms with Crippen LogP contribution in [-0.2, 0) is 17.7 Å². The molecule has 2 atom stereocenters. The van der Waals surface area contributed by atoms with Crippen molar-refractivity contribution in [3.63, 3.8) is 0 Å². The quantitative estimate of drug-likeness (QED) is 0.555. The molecule has 0 amide bonds. The minimum atomic E-state index is -0.105. The number of nitrogens with zero attached hydrogens (tertiary/aromatic N) is 1. The number of H-pyrrole nitrogens is 1. The molecule has 3 heterocycles. The lowest BCUT2D eigenvalue weighted by Gasteiger charge is -2.40. The monoisotopic (exact) mass is 441 g/mol. The number of phenolic OH excluding ortho intramolecular Hbond substituents is 1. The number of likely N-dealkylation sites (tertiary alicyclic amines) is 1. The number of aryl methyl sites for hydroxylation is 2. The first-order valence-corrected chi connectivity index (χ1v) is 12.1. The van der Waals surface area contributed by atoms with Gasteiger partial charge in [-0.15, -0.1) is 6.58 Å². The molecule has 5 nitrogen and oxygen atoms in total. The van der Waals surface area contributed by atoms with Crippen LogP contribution in [0.2, 0.25) is 0 Å². The Morgan fingerprint density at radius 1 is 1.25 bits per heavy atom. The maximum atomic E-state index is 10.6. The number of phenols is 1. The number of hydrogen-bond donors (Lipinski definition) is 3. The predicted octanol–water partition coefficient (Wildman–Crippen LogP) is 5.41. The van der Waals surface area contributed by atoms with Crippen molar-refractivity contribution in [3.05, 3.63) is 65.0 Å². The molecule has 1 saturated heterocycles. The summed E-state index contributed by atoms with van der Waals surface area (Å²) in [6, 6.07) is 6.26. The minimum Gasteiger partial charge on any atom is -0.507 e. The van der Waals surface area contributed by atoms with Gasteiger partial charge in [-0.25, -0.2) is 0 Å². The molecule has 4 N–H and O–H groups in total. The second-order valence-corrected chi connectivity index (χ2v) is 8.61. The zero-order valence-corrected chi connectivity index (χ0v) is 20.7. The van der Waals surface area contributed by atoms with Crippen molar-refractivity contribution >= 4 is 0 Å². The summed E-state index contributed by atoms with van der Waals surface area (Å²) < 4.78 is 6.39. The van der Waals surface area contributed by atoms with Gasteiger partial charge >= 0.3 is 0 Å². The third-order valence-corrected chi connectivity index (χ3v) is 6.28. The SMILES string of the molecule is C=CC.CC.Cc1cc(CN2CCC(C3Cc4c(ccc(C)c4O)C(CN)O3)CC2)c[nH]1. The van der Waals surface area contributed by atoms with Gasteiger partial charge in [-0.3, -0.25) is 4.90 Å². The van der Waals surface area contributed by atoms with Gasteiger partial charge in [0.1, 0.15) is 5.75 Å². The van der Waals surface area contributed by atoms with Crippen LogP contribution in [0.1, 0.15) is 67.7 Å². The number of nitrogens with one attached hydrogen (secondary N) is 1. The maximum absolute atomic E-state index is 10.6. The molecule has 0 bridgehead atoms. The van der Waals surface area contributed by atoms with Gasteiger partial charge in [-0.1, -0.05) is 32.1 Å². The summed E-state index contributed by atoms with van der Waals surface area (Å²) in [5, 5.41) is 10.6. The summed E-state index contributed by atoms with van der Waals surface area (Å²) >= 11 is 0. The van der Waals surface area contributed by atoms with E-state index in [-0.39, 0.29) is 12.2 Å². The molecule has 1 aromatic carbocycles. The maximum Gasteiger partial charge on any atom is 0.122 e. The highest BCUT2D eigenvalue weighted by Crippen LogP contribution is 2.40. The number of ether oxygens (including phenoxy) is 1. The summed E-state index contributed by atoms with van der Waals surface area (Å²) in [5.74, 6) is 0.954. The number of aromatic amines is 1. The summed E-state index contributed by atoms with van der Waals surface area (Å²) in [5.41, 5.74) is 11.6. The van der Waals surface area contributed by atoms with E-state index in [0.29, 0.717) is 18.2 Å². The van der Waals surface area contributed by atoms with Gasteiger partial charge in [0.25, 0.3) is 0 Å². The van der Waals surface area contributed by atoms with Crippen LogP contribution in [0.4, 0.5) is 0 Å². The zero-order chi connectivity index (χ0) is 23.7. The van der Waals surface area contributed by atoms with E-state index < -0.39 is 0 Å². The van der Waals surface area contributed by atoms with Gasteiger partial charge < -0.3 is 20.6 Å². The molecule has 2 aliphatic rings. The molecule has 5 heteroatoms. The van der Waals surface area contributed by atoms with Gasteiger partial charge in [0, 0.05) is 37.0 Å². The molecule has 2 aromatic rings. The van der Waals surface area contributed by atoms with Crippen molar-refractivity contribution in [1.82, 2.24) is 9.88 Å². The van der Waals surface area contributed by atoms with E-state index in [0.717, 1.165) is 55.6 Å². The normalized spacial score (nSPS) is 20.9. The first-order valence-electron chi connectivity index (χ1n) is 12.1. The Balaban J connectivity index is 0.000000671. The Hall–Kier alpha value is -2.08. The standard InChI is InChI=1S/C22H31N3O2.C3H6.C2H6/c1-14-3-4-18-19(22(14)26)10-20(27-21(18)11-23)17-5-7-25(8-6-17)13-16-9-15(2)24-12-16;1-3-2;1-2/h3-4,9,12,17,20-21,24,26H,5-8,10-11,13,23H2,1-2H3;3H,1H2,2H3;1-2H3. The lowest BCUT2D eigenvalue weighted by Crippen LogP contribution is -2.41. The lowest BCUT2D eigenvalue weighted by molar-refractivity contribution is -0.0651. The molecular formula is C27H43N3O2. The fourth-order valence-electron chi connectivity index (χ4n) is 4.68. The van der Waals surface area contributed by atoms with Gasteiger partial charge in [0.15, 0.2) is 0 Å². The molecule has 0 radical (unpaired) electrons. The first-order chi connectivity index (χ1) is 15.5. The van der Waals surface area contributed by atoms with E-state index >= 15 is 0 Å². The fraction of sp³-hybridized carbons (Fsp3) is 0.556. The third kappa shape index (κ3) is 6.47. The second-order valence-electron chi connectivity index (χ2n) is 8.61. The fourth-order valence-corrected chi connectivity index (χ4v) is 4.68. The van der Waals surface area contributed by atoms with Crippen LogP contribution in [0.15, 0.2) is 37.1 Å². The van der Waals surface area contributed by atoms with Crippen LogP contribution in [0.5, 0.6) is 5.75 Å². The van der Waals surface area contributed by atoms with Gasteiger partial charge in [-0.2, -0.15) is 0 Å². The Morgan fingerprint density at radius 2 is 1.91 bits per heavy atom. The molecule has 0 spiro atoms. The lowest BCUT2D eigenvalue weighted by atomic mass is 9.83. The predicted molar refractivity (Wildman–Crippen MR) is 134 cm³/mol. The van der Waals surface area contributed by atoms with Crippen molar-refractivity contribution < 1.29 is 9.84 Å². The highest BCUT2D eigenvalue weighted by molar-refractivity contribution is 5.47. The highest BCUT2D eigenvalue weighted by atomic mass is 16.5. The summed E-state index contributed by atoms with van der Waals surface area (Å²) in [7, 11) is 0. The molecule has 2 unspecified atom stereocenters. The number of fused-ring (bicyclic) bond motifs is 1. The Bertz CT molecular complexity index is 837. The smallest absolute Gasteiger partial charge is 0.122 e. The van der Waals surface area contributed by atoms with Crippen LogP contribution in [0.25, 0.3) is 0 Å². The van der Waals surface area contributed by atoms with Gasteiger partial charge in [0.2, 0.25) is 0 Å². The van der Waals surface area contributed by atoms with E-state index in [2.05, 4.69) is 41.7 Å². The van der Waals surface area contributed by atoms with E-state index in [1.165, 1.54) is 11.3 Å². The molecule has 1 aromatic heterocycles. The number of nitrogens with two attached hydrogens (primary N) is 1. The largest absolute Gasteiger partial charge is 0.507 e. The van der Waals surface area contributed by atoms with E-state index in [4.69, 9.17) is 10.5 Å². The zero-order valence-electron chi connectivity index (χ0n) is 20.7. The Kier molecular flexibility index (Phi) is 10.5. The van der Waals surface area contributed by atoms with Crippen molar-refractivity contribution in [3.8, 4) is 5.75 Å². The van der Waals surface area contributed by atoms with Crippen LogP contribution >= 0.6 is 0 Å². The minimum absolute atomic E-state index is 0.105. The number of benzene rings is 1. The van der Waals surface area contributed by atoms with Gasteiger partial charge in [0.05, 0.1) is 12.2 Å². The van der Waals surface area contributed by atoms with Crippen molar-refractivity contribution in [2.45, 2.75) is 72.6 Å². The average Bonchev–Trinajstić information content (AvgIpc) is 3.22. The van der Waals surface area contributed by atoms with Crippen LogP contribution in [-0.4, -0.2) is 40.7 Å². The molecule has 0 aliphatic carbocycles. The summed E-state index contributed by atoms with van der Waals surface area (Å²) in [4.78, 5) is 5.79. The molecule has 2 aliphatic heterocycles. The van der Waals surface area contributed by atoms with Crippen molar-refractivity contribution in [2.75, 3.05) is 19.6 Å². The van der Waals surface area contributed by atoms with E-state index in [1.54, 1.807) is 6.08 Å². The Labute approximate surface area is 194 Å².